The number of likely N-dealkylation sites (N-methyl/N-ethyl adjacent to an activating group) is 1. The van der Waals surface area contributed by atoms with Gasteiger partial charge in [0.2, 0.25) is 0 Å². The fourth-order valence-electron chi connectivity index (χ4n) is 2.57. The van der Waals surface area contributed by atoms with Crippen LogP contribution in [0, 0.1) is 0 Å². The van der Waals surface area contributed by atoms with Crippen LogP contribution < -0.4 is 17.0 Å². The molecule has 7 heteroatoms. The maximum Gasteiger partial charge on any atom is 0.332 e. The van der Waals surface area contributed by atoms with E-state index in [1.807, 2.05) is 0 Å². The summed E-state index contributed by atoms with van der Waals surface area (Å²) in [5.74, 6) is 0.274. The maximum atomic E-state index is 12.2. The van der Waals surface area contributed by atoms with Crippen molar-refractivity contribution in [3.63, 3.8) is 0 Å². The Morgan fingerprint density at radius 1 is 1.00 bits per heavy atom. The highest BCUT2D eigenvalue weighted by Gasteiger charge is 2.20. The SMILES string of the molecule is CCN1CCN(Cc2c(N)n(C)c(=O)n(C)c2=O)CC1. The van der Waals surface area contributed by atoms with Gasteiger partial charge in [-0.2, -0.15) is 0 Å². The topological polar surface area (TPSA) is 76.5 Å². The predicted octanol–water partition coefficient (Wildman–Crippen LogP) is -1.20. The molecule has 1 aliphatic heterocycles. The molecule has 0 unspecified atom stereocenters. The van der Waals surface area contributed by atoms with Gasteiger partial charge in [0.1, 0.15) is 5.82 Å². The van der Waals surface area contributed by atoms with Crippen LogP contribution in [-0.2, 0) is 20.6 Å². The molecule has 1 aromatic heterocycles. The van der Waals surface area contributed by atoms with Gasteiger partial charge in [-0.15, -0.1) is 0 Å². The average molecular weight is 281 g/mol. The van der Waals surface area contributed by atoms with Gasteiger partial charge in [-0.05, 0) is 6.54 Å². The van der Waals surface area contributed by atoms with Crippen molar-refractivity contribution in [3.05, 3.63) is 26.4 Å². The van der Waals surface area contributed by atoms with E-state index >= 15 is 0 Å². The monoisotopic (exact) mass is 281 g/mol. The van der Waals surface area contributed by atoms with Crippen molar-refractivity contribution in [3.8, 4) is 0 Å². The highest BCUT2D eigenvalue weighted by atomic mass is 16.2. The van der Waals surface area contributed by atoms with E-state index in [0.717, 1.165) is 37.3 Å². The first-order valence-electron chi connectivity index (χ1n) is 6.94. The average Bonchev–Trinajstić information content (AvgIpc) is 2.48. The lowest BCUT2D eigenvalue weighted by molar-refractivity contribution is 0.131. The van der Waals surface area contributed by atoms with E-state index in [9.17, 15) is 9.59 Å². The first-order chi connectivity index (χ1) is 9.45. The summed E-state index contributed by atoms with van der Waals surface area (Å²) in [6.45, 7) is 7.54. The van der Waals surface area contributed by atoms with Crippen molar-refractivity contribution in [2.24, 2.45) is 14.1 Å². The lowest BCUT2D eigenvalue weighted by atomic mass is 10.2. The Hall–Kier alpha value is -1.60. The smallest absolute Gasteiger partial charge is 0.332 e. The molecule has 1 fully saturated rings. The minimum atomic E-state index is -0.382. The number of nitrogens with two attached hydrogens (primary N) is 1. The summed E-state index contributed by atoms with van der Waals surface area (Å²) in [7, 11) is 3.08. The van der Waals surface area contributed by atoms with E-state index in [0.29, 0.717) is 12.1 Å². The van der Waals surface area contributed by atoms with Crippen molar-refractivity contribution in [1.82, 2.24) is 18.9 Å². The van der Waals surface area contributed by atoms with Crippen molar-refractivity contribution < 1.29 is 0 Å². The third kappa shape index (κ3) is 2.64. The molecule has 0 atom stereocenters. The van der Waals surface area contributed by atoms with Crippen molar-refractivity contribution in [2.75, 3.05) is 38.5 Å². The summed E-state index contributed by atoms with van der Waals surface area (Å²) in [6, 6.07) is 0. The minimum Gasteiger partial charge on any atom is -0.385 e. The first-order valence-corrected chi connectivity index (χ1v) is 6.94. The van der Waals surface area contributed by atoms with Gasteiger partial charge in [-0.3, -0.25) is 18.8 Å². The van der Waals surface area contributed by atoms with E-state index in [1.54, 1.807) is 7.05 Å². The molecule has 2 heterocycles. The van der Waals surface area contributed by atoms with E-state index in [1.165, 1.54) is 11.6 Å². The standard InChI is InChI=1S/C13H23N5O2/c1-4-17-5-7-18(8-6-17)9-10-11(14)15(2)13(20)16(3)12(10)19/h4-9,14H2,1-3H3. The van der Waals surface area contributed by atoms with Crippen LogP contribution in [0.2, 0.25) is 0 Å². The number of hydrogen-bond donors (Lipinski definition) is 1. The van der Waals surface area contributed by atoms with Crippen LogP contribution >= 0.6 is 0 Å². The number of nitrogen functional groups attached to an aromatic ring is 1. The van der Waals surface area contributed by atoms with E-state index < -0.39 is 0 Å². The molecule has 112 valence electrons. The van der Waals surface area contributed by atoms with Gasteiger partial charge in [0.15, 0.2) is 0 Å². The fourth-order valence-corrected chi connectivity index (χ4v) is 2.57. The molecule has 7 nitrogen and oxygen atoms in total. The Balaban J connectivity index is 2.23. The number of hydrogen-bond acceptors (Lipinski definition) is 5. The number of nitrogens with zero attached hydrogens (tertiary/aromatic N) is 4. The first kappa shape index (κ1) is 14.8. The second-order valence-electron chi connectivity index (χ2n) is 5.28. The van der Waals surface area contributed by atoms with Gasteiger partial charge in [0.05, 0.1) is 5.56 Å². The van der Waals surface area contributed by atoms with Crippen LogP contribution in [0.5, 0.6) is 0 Å². The molecule has 1 aliphatic rings. The summed E-state index contributed by atoms with van der Waals surface area (Å²) in [4.78, 5) is 28.5. The normalized spacial score (nSPS) is 17.6. The van der Waals surface area contributed by atoms with Crippen LogP contribution in [0.15, 0.2) is 9.59 Å². The van der Waals surface area contributed by atoms with Crippen molar-refractivity contribution >= 4 is 5.82 Å². The molecule has 20 heavy (non-hydrogen) atoms. The predicted molar refractivity (Wildman–Crippen MR) is 78.7 cm³/mol. The molecule has 1 aromatic rings. The van der Waals surface area contributed by atoms with Gasteiger partial charge in [-0.1, -0.05) is 6.92 Å². The summed E-state index contributed by atoms with van der Waals surface area (Å²) in [5.41, 5.74) is 5.78. The number of aromatic nitrogens is 2. The van der Waals surface area contributed by atoms with Crippen molar-refractivity contribution in [2.45, 2.75) is 13.5 Å². The Morgan fingerprint density at radius 3 is 2.10 bits per heavy atom. The molecule has 0 bridgehead atoms. The number of rotatable bonds is 3. The van der Waals surface area contributed by atoms with E-state index in [4.69, 9.17) is 5.73 Å². The molecule has 0 amide bonds. The summed E-state index contributed by atoms with van der Waals surface area (Å²) in [5, 5.41) is 0. The third-order valence-electron chi connectivity index (χ3n) is 4.10. The molecule has 0 saturated carbocycles. The van der Waals surface area contributed by atoms with E-state index in [2.05, 4.69) is 16.7 Å². The highest BCUT2D eigenvalue weighted by molar-refractivity contribution is 5.38. The zero-order valence-electron chi connectivity index (χ0n) is 12.4. The zero-order chi connectivity index (χ0) is 14.9. The van der Waals surface area contributed by atoms with Gasteiger partial charge in [-0.25, -0.2) is 4.79 Å². The Morgan fingerprint density at radius 2 is 1.55 bits per heavy atom. The summed E-state index contributed by atoms with van der Waals surface area (Å²) >= 11 is 0. The molecule has 0 radical (unpaired) electrons. The van der Waals surface area contributed by atoms with Crippen LogP contribution in [0.25, 0.3) is 0 Å². The molecular formula is C13H23N5O2. The van der Waals surface area contributed by atoms with Crippen LogP contribution in [0.1, 0.15) is 12.5 Å². The fraction of sp³-hybridized carbons (Fsp3) is 0.692. The second-order valence-corrected chi connectivity index (χ2v) is 5.28. The number of piperazine rings is 1. The molecule has 0 aromatic carbocycles. The van der Waals surface area contributed by atoms with Gasteiger partial charge in [0, 0.05) is 46.8 Å². The molecule has 2 rings (SSSR count). The quantitative estimate of drug-likeness (QED) is 0.753. The van der Waals surface area contributed by atoms with Gasteiger partial charge in [0.25, 0.3) is 5.56 Å². The van der Waals surface area contributed by atoms with Gasteiger partial charge >= 0.3 is 5.69 Å². The molecule has 2 N–H and O–H groups in total. The lowest BCUT2D eigenvalue weighted by Gasteiger charge is -2.34. The van der Waals surface area contributed by atoms with E-state index in [-0.39, 0.29) is 17.1 Å². The van der Waals surface area contributed by atoms with Crippen molar-refractivity contribution in [1.29, 1.82) is 0 Å². The van der Waals surface area contributed by atoms with Gasteiger partial charge < -0.3 is 10.6 Å². The largest absolute Gasteiger partial charge is 0.385 e. The summed E-state index contributed by atoms with van der Waals surface area (Å²) < 4.78 is 2.45. The Bertz CT molecular complexity index is 596. The molecular weight excluding hydrogens is 258 g/mol. The highest BCUT2D eigenvalue weighted by Crippen LogP contribution is 2.09. The molecule has 0 aliphatic carbocycles. The minimum absolute atomic E-state index is 0.274. The Kier molecular flexibility index (Phi) is 4.29. The van der Waals surface area contributed by atoms with Crippen LogP contribution in [0.3, 0.4) is 0 Å². The zero-order valence-corrected chi connectivity index (χ0v) is 12.4. The number of anilines is 1. The van der Waals surface area contributed by atoms with Crippen LogP contribution in [-0.4, -0.2) is 51.7 Å². The Labute approximate surface area is 118 Å². The van der Waals surface area contributed by atoms with Crippen LogP contribution in [0.4, 0.5) is 5.82 Å². The molecule has 0 spiro atoms. The lowest BCUT2D eigenvalue weighted by Crippen LogP contribution is -2.47. The summed E-state index contributed by atoms with van der Waals surface area (Å²) in [6.07, 6.45) is 0. The molecule has 1 saturated heterocycles. The maximum absolute atomic E-state index is 12.2. The third-order valence-corrected chi connectivity index (χ3v) is 4.10. The second kappa shape index (κ2) is 5.80.